The van der Waals surface area contributed by atoms with Gasteiger partial charge in [-0.05, 0) is 26.2 Å². The predicted molar refractivity (Wildman–Crippen MR) is 83.6 cm³/mol. The fourth-order valence-electron chi connectivity index (χ4n) is 3.10. The first-order valence-electron chi connectivity index (χ1n) is 8.11. The molecule has 0 spiro atoms. The fourth-order valence-corrected chi connectivity index (χ4v) is 3.10. The third-order valence-electron chi connectivity index (χ3n) is 4.16. The molecule has 1 aliphatic carbocycles. The molecule has 1 aromatic rings. The van der Waals surface area contributed by atoms with Crippen molar-refractivity contribution in [2.75, 3.05) is 5.32 Å². The molecule has 0 aliphatic heterocycles. The zero-order valence-corrected chi connectivity index (χ0v) is 13.1. The summed E-state index contributed by atoms with van der Waals surface area (Å²) >= 11 is 0. The zero-order valence-electron chi connectivity index (χ0n) is 13.1. The van der Waals surface area contributed by atoms with E-state index in [1.807, 2.05) is 0 Å². The van der Waals surface area contributed by atoms with Crippen molar-refractivity contribution < 1.29 is 4.92 Å². The van der Waals surface area contributed by atoms with Gasteiger partial charge in [-0.2, -0.15) is 5.10 Å². The van der Waals surface area contributed by atoms with E-state index in [1.54, 1.807) is 11.6 Å². The van der Waals surface area contributed by atoms with Gasteiger partial charge in [0.05, 0.1) is 4.92 Å². The van der Waals surface area contributed by atoms with Crippen LogP contribution >= 0.6 is 0 Å². The van der Waals surface area contributed by atoms with Crippen molar-refractivity contribution in [2.45, 2.75) is 77.8 Å². The van der Waals surface area contributed by atoms with E-state index in [4.69, 9.17) is 0 Å². The lowest BCUT2D eigenvalue weighted by Gasteiger charge is -2.22. The monoisotopic (exact) mass is 294 g/mol. The van der Waals surface area contributed by atoms with Crippen LogP contribution in [0.5, 0.6) is 0 Å². The van der Waals surface area contributed by atoms with E-state index in [0.717, 1.165) is 19.3 Å². The second kappa shape index (κ2) is 7.43. The van der Waals surface area contributed by atoms with Crippen LogP contribution < -0.4 is 5.32 Å². The van der Waals surface area contributed by atoms with E-state index in [2.05, 4.69) is 17.3 Å². The molecule has 0 radical (unpaired) electrons. The van der Waals surface area contributed by atoms with Gasteiger partial charge in [0.2, 0.25) is 5.82 Å². The van der Waals surface area contributed by atoms with Gasteiger partial charge in [0, 0.05) is 12.6 Å². The molecule has 1 aromatic heterocycles. The Balaban J connectivity index is 2.21. The summed E-state index contributed by atoms with van der Waals surface area (Å²) < 4.78 is 1.77. The Hall–Kier alpha value is -1.59. The molecule has 6 nitrogen and oxygen atoms in total. The van der Waals surface area contributed by atoms with Gasteiger partial charge >= 0.3 is 5.69 Å². The maximum atomic E-state index is 11.3. The maximum Gasteiger partial charge on any atom is 0.333 e. The Bertz CT molecular complexity index is 476. The molecule has 0 bridgehead atoms. The van der Waals surface area contributed by atoms with Crippen LogP contribution in [-0.4, -0.2) is 20.7 Å². The normalized spacial score (nSPS) is 17.2. The van der Waals surface area contributed by atoms with Gasteiger partial charge in [0.15, 0.2) is 0 Å². The molecule has 21 heavy (non-hydrogen) atoms. The van der Waals surface area contributed by atoms with Crippen LogP contribution in [0.15, 0.2) is 0 Å². The fraction of sp³-hybridized carbons (Fsp3) is 0.800. The van der Waals surface area contributed by atoms with Crippen LogP contribution in [0, 0.1) is 17.0 Å². The van der Waals surface area contributed by atoms with Crippen LogP contribution in [0.4, 0.5) is 11.5 Å². The molecule has 0 amide bonds. The van der Waals surface area contributed by atoms with Crippen molar-refractivity contribution in [2.24, 2.45) is 0 Å². The van der Waals surface area contributed by atoms with Gasteiger partial charge in [-0.25, -0.2) is 4.68 Å². The van der Waals surface area contributed by atoms with Gasteiger partial charge in [0.25, 0.3) is 0 Å². The Morgan fingerprint density at radius 1 is 1.29 bits per heavy atom. The van der Waals surface area contributed by atoms with Crippen molar-refractivity contribution in [3.63, 3.8) is 0 Å². The number of aryl methyl sites for hydroxylation is 2. The lowest BCUT2D eigenvalue weighted by Crippen LogP contribution is -2.23. The lowest BCUT2D eigenvalue weighted by atomic mass is 9.97. The highest BCUT2D eigenvalue weighted by atomic mass is 16.6. The highest BCUT2D eigenvalue weighted by molar-refractivity contribution is 5.60. The average Bonchev–Trinajstić information content (AvgIpc) is 2.69. The molecule has 118 valence electrons. The topological polar surface area (TPSA) is 73.0 Å². The smallest absolute Gasteiger partial charge is 0.333 e. The van der Waals surface area contributed by atoms with Gasteiger partial charge < -0.3 is 5.32 Å². The molecule has 2 rings (SSSR count). The Labute approximate surface area is 126 Å². The summed E-state index contributed by atoms with van der Waals surface area (Å²) in [5.74, 6) is 0.602. The molecule has 1 N–H and O–H groups in total. The van der Waals surface area contributed by atoms with Crippen LogP contribution in [0.3, 0.4) is 0 Å². The summed E-state index contributed by atoms with van der Waals surface area (Å²) in [5.41, 5.74) is 0.646. The van der Waals surface area contributed by atoms with Crippen molar-refractivity contribution in [3.8, 4) is 0 Å². The van der Waals surface area contributed by atoms with E-state index in [9.17, 15) is 10.1 Å². The third-order valence-corrected chi connectivity index (χ3v) is 4.16. The maximum absolute atomic E-state index is 11.3. The number of hydrogen-bond donors (Lipinski definition) is 1. The predicted octanol–water partition coefficient (Wildman–Crippen LogP) is 4.03. The van der Waals surface area contributed by atoms with Crippen LogP contribution in [0.2, 0.25) is 0 Å². The van der Waals surface area contributed by atoms with Crippen molar-refractivity contribution >= 4 is 11.5 Å². The number of nitrogens with one attached hydrogen (secondary N) is 1. The number of aromatic nitrogens is 2. The summed E-state index contributed by atoms with van der Waals surface area (Å²) in [6.45, 7) is 4.49. The van der Waals surface area contributed by atoms with Gasteiger partial charge in [-0.1, -0.05) is 39.0 Å². The molecule has 0 aromatic carbocycles. The minimum Gasteiger partial charge on any atom is -0.362 e. The van der Waals surface area contributed by atoms with E-state index < -0.39 is 0 Å². The number of rotatable bonds is 5. The lowest BCUT2D eigenvalue weighted by molar-refractivity contribution is -0.384. The molecule has 1 aliphatic rings. The first-order chi connectivity index (χ1) is 10.1. The first kappa shape index (κ1) is 15.8. The summed E-state index contributed by atoms with van der Waals surface area (Å²) in [5, 5.41) is 19.1. The first-order valence-corrected chi connectivity index (χ1v) is 8.11. The van der Waals surface area contributed by atoms with E-state index in [-0.39, 0.29) is 10.6 Å². The Morgan fingerprint density at radius 2 is 1.90 bits per heavy atom. The molecule has 1 heterocycles. The summed E-state index contributed by atoms with van der Waals surface area (Å²) in [4.78, 5) is 11.0. The average molecular weight is 294 g/mol. The highest BCUT2D eigenvalue weighted by Crippen LogP contribution is 2.31. The summed E-state index contributed by atoms with van der Waals surface area (Å²) in [6, 6.07) is 0.329. The standard InChI is InChI=1S/C15H26N4O2/c1-3-11-18-15(14(19(20)21)12(2)17-18)16-13-9-7-5-4-6-8-10-13/h13,16H,3-11H2,1-2H3. The quantitative estimate of drug-likeness (QED) is 0.657. The van der Waals surface area contributed by atoms with Crippen molar-refractivity contribution in [1.82, 2.24) is 9.78 Å². The van der Waals surface area contributed by atoms with E-state index >= 15 is 0 Å². The minimum absolute atomic E-state index is 0.144. The summed E-state index contributed by atoms with van der Waals surface area (Å²) in [7, 11) is 0. The molecule has 6 heteroatoms. The number of nitro groups is 1. The number of nitrogens with zero attached hydrogens (tertiary/aromatic N) is 3. The highest BCUT2D eigenvalue weighted by Gasteiger charge is 2.27. The van der Waals surface area contributed by atoms with Gasteiger partial charge in [0.1, 0.15) is 5.69 Å². The molecule has 0 atom stereocenters. The largest absolute Gasteiger partial charge is 0.362 e. The van der Waals surface area contributed by atoms with Crippen molar-refractivity contribution in [3.05, 3.63) is 15.8 Å². The van der Waals surface area contributed by atoms with Gasteiger partial charge in [-0.15, -0.1) is 0 Å². The molecular weight excluding hydrogens is 268 g/mol. The van der Waals surface area contributed by atoms with Crippen LogP contribution in [0.25, 0.3) is 0 Å². The molecule has 1 fully saturated rings. The van der Waals surface area contributed by atoms with Crippen molar-refractivity contribution in [1.29, 1.82) is 0 Å². The summed E-state index contributed by atoms with van der Waals surface area (Å²) in [6.07, 6.45) is 9.36. The number of hydrogen-bond acceptors (Lipinski definition) is 4. The Kier molecular flexibility index (Phi) is 5.59. The zero-order chi connectivity index (χ0) is 15.2. The third kappa shape index (κ3) is 3.95. The van der Waals surface area contributed by atoms with E-state index in [0.29, 0.717) is 24.1 Å². The molecular formula is C15H26N4O2. The molecule has 0 unspecified atom stereocenters. The van der Waals surface area contributed by atoms with E-state index in [1.165, 1.54) is 32.1 Å². The molecule has 1 saturated carbocycles. The second-order valence-electron chi connectivity index (χ2n) is 5.95. The molecule has 0 saturated heterocycles. The van der Waals surface area contributed by atoms with Gasteiger partial charge in [-0.3, -0.25) is 10.1 Å². The SMILES string of the molecule is CCCn1nc(C)c([N+](=O)[O-])c1NC1CCCCCCC1. The second-order valence-corrected chi connectivity index (χ2v) is 5.95. The van der Waals surface area contributed by atoms with Crippen LogP contribution in [0.1, 0.15) is 64.0 Å². The Morgan fingerprint density at radius 3 is 2.48 bits per heavy atom. The minimum atomic E-state index is -0.306. The van der Waals surface area contributed by atoms with Crippen LogP contribution in [-0.2, 0) is 6.54 Å². The number of anilines is 1.